The second kappa shape index (κ2) is 8.00. The maximum atomic E-state index is 13.2. The van der Waals surface area contributed by atoms with Gasteiger partial charge in [0.1, 0.15) is 11.9 Å². The topological polar surface area (TPSA) is 84.9 Å². The highest BCUT2D eigenvalue weighted by atomic mass is 32.2. The number of fused-ring (bicyclic) bond motifs is 1. The molecule has 0 aromatic heterocycles. The molecule has 0 bridgehead atoms. The minimum absolute atomic E-state index is 0.0332. The number of carbonyl (C=O) groups excluding carboxylic acids is 1. The van der Waals surface area contributed by atoms with Crippen LogP contribution in [0.1, 0.15) is 19.3 Å². The molecule has 7 nitrogen and oxygen atoms in total. The van der Waals surface area contributed by atoms with Crippen molar-refractivity contribution in [1.82, 2.24) is 4.31 Å². The Hall–Kier alpha value is -2.65. The summed E-state index contributed by atoms with van der Waals surface area (Å²) in [6.45, 7) is 1.33. The molecule has 1 amide bonds. The van der Waals surface area contributed by atoms with Gasteiger partial charge in [0.15, 0.2) is 11.5 Å². The molecule has 0 unspecified atom stereocenters. The van der Waals surface area contributed by atoms with Crippen LogP contribution in [0.15, 0.2) is 47.4 Å². The van der Waals surface area contributed by atoms with Gasteiger partial charge in [0.05, 0.1) is 18.1 Å². The Kier molecular flexibility index (Phi) is 5.42. The number of carbonyl (C=O) groups is 1. The third-order valence-corrected chi connectivity index (χ3v) is 6.86. The molecule has 29 heavy (non-hydrogen) atoms. The van der Waals surface area contributed by atoms with Gasteiger partial charge in [0.25, 0.3) is 0 Å². The zero-order valence-electron chi connectivity index (χ0n) is 15.6. The summed E-state index contributed by atoms with van der Waals surface area (Å²) in [5.74, 6) is 0.223. The van der Waals surface area contributed by atoms with Crippen LogP contribution in [0.4, 0.5) is 10.1 Å². The second-order valence-electron chi connectivity index (χ2n) is 6.93. The lowest BCUT2D eigenvalue weighted by molar-refractivity contribution is -0.119. The summed E-state index contributed by atoms with van der Waals surface area (Å²) >= 11 is 0. The fourth-order valence-corrected chi connectivity index (χ4v) is 5.15. The Bertz CT molecular complexity index is 1010. The first-order valence-electron chi connectivity index (χ1n) is 9.43. The predicted octanol–water partition coefficient (Wildman–Crippen LogP) is 2.78. The van der Waals surface area contributed by atoms with E-state index < -0.39 is 27.8 Å². The lowest BCUT2D eigenvalue weighted by Crippen LogP contribution is -2.43. The fourth-order valence-electron chi connectivity index (χ4n) is 3.50. The first-order chi connectivity index (χ1) is 13.9. The van der Waals surface area contributed by atoms with Crippen molar-refractivity contribution >= 4 is 21.6 Å². The number of rotatable bonds is 4. The van der Waals surface area contributed by atoms with E-state index in [1.54, 1.807) is 18.2 Å². The molecule has 0 saturated carbocycles. The normalized spacial score (nSPS) is 19.6. The van der Waals surface area contributed by atoms with E-state index >= 15 is 0 Å². The summed E-state index contributed by atoms with van der Waals surface area (Å²) in [6, 6.07) is 8.86. The molecule has 1 N–H and O–H groups in total. The monoisotopic (exact) mass is 420 g/mol. The maximum Gasteiger partial charge on any atom is 0.243 e. The standard InChI is InChI=1S/C20H21FN2O5S/c21-14-4-7-16(8-5-14)29(25,26)23-10-1-3-17(23)20(24)22-15-6-9-18-19(13-15)28-12-2-11-27-18/h4-9,13,17H,1-3,10-12H2,(H,22,24)/t17-/m0/s1. The van der Waals surface area contributed by atoms with Gasteiger partial charge in [-0.1, -0.05) is 0 Å². The molecule has 9 heteroatoms. The fraction of sp³-hybridized carbons (Fsp3) is 0.350. The van der Waals surface area contributed by atoms with Gasteiger partial charge in [0, 0.05) is 24.7 Å². The van der Waals surface area contributed by atoms with Crippen LogP contribution < -0.4 is 14.8 Å². The Morgan fingerprint density at radius 3 is 2.52 bits per heavy atom. The van der Waals surface area contributed by atoms with Gasteiger partial charge in [0.2, 0.25) is 15.9 Å². The number of hydrogen-bond donors (Lipinski definition) is 1. The predicted molar refractivity (Wildman–Crippen MR) is 104 cm³/mol. The smallest absolute Gasteiger partial charge is 0.243 e. The summed E-state index contributed by atoms with van der Waals surface area (Å²) < 4.78 is 51.4. The number of sulfonamides is 1. The van der Waals surface area contributed by atoms with Gasteiger partial charge in [-0.3, -0.25) is 4.79 Å². The third-order valence-electron chi connectivity index (χ3n) is 4.94. The van der Waals surface area contributed by atoms with E-state index in [4.69, 9.17) is 9.47 Å². The van der Waals surface area contributed by atoms with Crippen LogP contribution in [0, 0.1) is 5.82 Å². The molecule has 2 heterocycles. The van der Waals surface area contributed by atoms with E-state index in [0.717, 1.165) is 18.6 Å². The average molecular weight is 420 g/mol. The number of halogens is 1. The van der Waals surface area contributed by atoms with Gasteiger partial charge in [-0.2, -0.15) is 4.31 Å². The molecule has 1 atom stereocenters. The summed E-state index contributed by atoms with van der Waals surface area (Å²) in [6.07, 6.45) is 1.76. The summed E-state index contributed by atoms with van der Waals surface area (Å²) in [4.78, 5) is 12.8. The molecule has 0 aliphatic carbocycles. The first-order valence-corrected chi connectivity index (χ1v) is 10.9. The molecule has 2 aromatic carbocycles. The SMILES string of the molecule is O=C(Nc1ccc2c(c1)OCCCO2)[C@@H]1CCCN1S(=O)(=O)c1ccc(F)cc1. The zero-order chi connectivity index (χ0) is 20.4. The average Bonchev–Trinajstić information content (AvgIpc) is 3.09. The number of ether oxygens (including phenoxy) is 2. The lowest BCUT2D eigenvalue weighted by Gasteiger charge is -2.23. The first kappa shape index (κ1) is 19.7. The van der Waals surface area contributed by atoms with Gasteiger partial charge in [-0.25, -0.2) is 12.8 Å². The molecule has 0 radical (unpaired) electrons. The van der Waals surface area contributed by atoms with Crippen LogP contribution in [0.2, 0.25) is 0 Å². The molecule has 154 valence electrons. The Balaban J connectivity index is 1.52. The van der Waals surface area contributed by atoms with Crippen molar-refractivity contribution in [3.63, 3.8) is 0 Å². The number of benzene rings is 2. The number of hydrogen-bond acceptors (Lipinski definition) is 5. The Morgan fingerprint density at radius 1 is 1.03 bits per heavy atom. The van der Waals surface area contributed by atoms with E-state index in [1.807, 2.05) is 0 Å². The molecule has 2 aliphatic rings. The number of nitrogens with zero attached hydrogens (tertiary/aromatic N) is 1. The lowest BCUT2D eigenvalue weighted by atomic mass is 10.2. The number of nitrogens with one attached hydrogen (secondary N) is 1. The van der Waals surface area contributed by atoms with Gasteiger partial charge in [-0.05, 0) is 49.2 Å². The number of anilines is 1. The van der Waals surface area contributed by atoms with Crippen LogP contribution in [-0.2, 0) is 14.8 Å². The van der Waals surface area contributed by atoms with Crippen LogP contribution in [0.5, 0.6) is 11.5 Å². The molecule has 0 spiro atoms. The van der Waals surface area contributed by atoms with E-state index in [9.17, 15) is 17.6 Å². The largest absolute Gasteiger partial charge is 0.490 e. The quantitative estimate of drug-likeness (QED) is 0.822. The third kappa shape index (κ3) is 4.06. The van der Waals surface area contributed by atoms with Crippen LogP contribution in [-0.4, -0.2) is 44.4 Å². The Morgan fingerprint density at radius 2 is 1.76 bits per heavy atom. The van der Waals surface area contributed by atoms with E-state index in [-0.39, 0.29) is 11.4 Å². The summed E-state index contributed by atoms with van der Waals surface area (Å²) in [5, 5.41) is 2.78. The maximum absolute atomic E-state index is 13.2. The minimum atomic E-state index is -3.90. The molecular formula is C20H21FN2O5S. The molecule has 2 aliphatic heterocycles. The van der Waals surface area contributed by atoms with Crippen molar-refractivity contribution < 1.29 is 27.1 Å². The van der Waals surface area contributed by atoms with Crippen molar-refractivity contribution in [2.24, 2.45) is 0 Å². The minimum Gasteiger partial charge on any atom is -0.490 e. The van der Waals surface area contributed by atoms with Crippen molar-refractivity contribution in [2.45, 2.75) is 30.2 Å². The van der Waals surface area contributed by atoms with Crippen LogP contribution in [0.25, 0.3) is 0 Å². The van der Waals surface area contributed by atoms with E-state index in [2.05, 4.69) is 5.32 Å². The van der Waals surface area contributed by atoms with Crippen molar-refractivity contribution in [2.75, 3.05) is 25.1 Å². The highest BCUT2D eigenvalue weighted by Crippen LogP contribution is 2.33. The molecule has 2 aromatic rings. The van der Waals surface area contributed by atoms with E-state index in [1.165, 1.54) is 16.4 Å². The van der Waals surface area contributed by atoms with Crippen molar-refractivity contribution in [1.29, 1.82) is 0 Å². The van der Waals surface area contributed by atoms with E-state index in [0.29, 0.717) is 43.2 Å². The van der Waals surface area contributed by atoms with Gasteiger partial charge >= 0.3 is 0 Å². The summed E-state index contributed by atoms with van der Waals surface area (Å²) in [7, 11) is -3.90. The summed E-state index contributed by atoms with van der Waals surface area (Å²) in [5.41, 5.74) is 0.505. The highest BCUT2D eigenvalue weighted by Gasteiger charge is 2.39. The number of amides is 1. The molecular weight excluding hydrogens is 399 g/mol. The highest BCUT2D eigenvalue weighted by molar-refractivity contribution is 7.89. The Labute approximate surface area is 168 Å². The zero-order valence-corrected chi connectivity index (χ0v) is 16.5. The molecule has 1 saturated heterocycles. The molecule has 1 fully saturated rings. The second-order valence-corrected chi connectivity index (χ2v) is 8.82. The van der Waals surface area contributed by atoms with Gasteiger partial charge < -0.3 is 14.8 Å². The van der Waals surface area contributed by atoms with Crippen molar-refractivity contribution in [3.05, 3.63) is 48.3 Å². The van der Waals surface area contributed by atoms with Crippen molar-refractivity contribution in [3.8, 4) is 11.5 Å². The van der Waals surface area contributed by atoms with Gasteiger partial charge in [-0.15, -0.1) is 0 Å². The van der Waals surface area contributed by atoms with Crippen LogP contribution >= 0.6 is 0 Å². The van der Waals surface area contributed by atoms with Crippen LogP contribution in [0.3, 0.4) is 0 Å². The molecule has 4 rings (SSSR count).